The third-order valence-electron chi connectivity index (χ3n) is 3.23. The van der Waals surface area contributed by atoms with Gasteiger partial charge in [-0.15, -0.1) is 0 Å². The second-order valence-electron chi connectivity index (χ2n) is 5.33. The van der Waals surface area contributed by atoms with Gasteiger partial charge < -0.3 is 14.8 Å². The van der Waals surface area contributed by atoms with Crippen LogP contribution in [0.5, 0.6) is 11.5 Å². The van der Waals surface area contributed by atoms with E-state index in [9.17, 15) is 4.79 Å². The van der Waals surface area contributed by atoms with Crippen LogP contribution in [0.25, 0.3) is 0 Å². The van der Waals surface area contributed by atoms with E-state index in [4.69, 9.17) is 9.47 Å². The zero-order chi connectivity index (χ0) is 15.1. The van der Waals surface area contributed by atoms with Gasteiger partial charge in [0.15, 0.2) is 0 Å². The van der Waals surface area contributed by atoms with Gasteiger partial charge in [-0.25, -0.2) is 0 Å². The first kappa shape index (κ1) is 16.3. The summed E-state index contributed by atoms with van der Waals surface area (Å²) in [5.41, 5.74) is 0.950. The number of rotatable bonds is 7. The van der Waals surface area contributed by atoms with Crippen LogP contribution in [0.15, 0.2) is 18.2 Å². The van der Waals surface area contributed by atoms with Crippen LogP contribution in [0.1, 0.15) is 45.2 Å². The van der Waals surface area contributed by atoms with Gasteiger partial charge in [-0.05, 0) is 31.4 Å². The molecule has 1 rings (SSSR count). The molecule has 0 saturated carbocycles. The molecule has 0 fully saturated rings. The molecule has 1 unspecified atom stereocenters. The molecule has 0 heterocycles. The Labute approximate surface area is 121 Å². The molecule has 1 N–H and O–H groups in total. The summed E-state index contributed by atoms with van der Waals surface area (Å²) >= 11 is 0. The first-order chi connectivity index (χ1) is 9.47. The number of nitrogens with one attached hydrogen (secondary N) is 1. The fourth-order valence-electron chi connectivity index (χ4n) is 1.99. The number of hydrogen-bond acceptors (Lipinski definition) is 3. The van der Waals surface area contributed by atoms with E-state index in [0.29, 0.717) is 12.3 Å². The first-order valence-electron chi connectivity index (χ1n) is 6.99. The van der Waals surface area contributed by atoms with Crippen LogP contribution < -0.4 is 14.8 Å². The highest BCUT2D eigenvalue weighted by Gasteiger charge is 2.15. The molecule has 1 atom stereocenters. The molecule has 1 aromatic rings. The second-order valence-corrected chi connectivity index (χ2v) is 5.33. The number of carbonyl (C=O) groups excluding carboxylic acids is 1. The summed E-state index contributed by atoms with van der Waals surface area (Å²) in [5.74, 6) is 2.07. The lowest BCUT2D eigenvalue weighted by atomic mass is 10.1. The van der Waals surface area contributed by atoms with Crippen LogP contribution >= 0.6 is 0 Å². The van der Waals surface area contributed by atoms with Crippen LogP contribution in [-0.4, -0.2) is 20.1 Å². The molecule has 0 bridgehead atoms. The maximum absolute atomic E-state index is 11.9. The van der Waals surface area contributed by atoms with Gasteiger partial charge in [-0.3, -0.25) is 4.79 Å². The van der Waals surface area contributed by atoms with Crippen LogP contribution in [0, 0.1) is 5.92 Å². The maximum Gasteiger partial charge on any atom is 0.220 e. The third kappa shape index (κ3) is 4.76. The minimum Gasteiger partial charge on any atom is -0.497 e. The average molecular weight is 279 g/mol. The Morgan fingerprint density at radius 2 is 1.90 bits per heavy atom. The number of carbonyl (C=O) groups is 1. The van der Waals surface area contributed by atoms with Gasteiger partial charge in [0.25, 0.3) is 0 Å². The van der Waals surface area contributed by atoms with Gasteiger partial charge in [0.05, 0.1) is 20.3 Å². The Hall–Kier alpha value is -1.71. The summed E-state index contributed by atoms with van der Waals surface area (Å²) in [6.07, 6.45) is 1.46. The number of ether oxygens (including phenoxy) is 2. The maximum atomic E-state index is 11.9. The molecule has 0 aromatic heterocycles. The largest absolute Gasteiger partial charge is 0.497 e. The van der Waals surface area contributed by atoms with Crippen molar-refractivity contribution < 1.29 is 14.3 Å². The second kappa shape index (κ2) is 7.78. The molecular formula is C16H25NO3. The van der Waals surface area contributed by atoms with Gasteiger partial charge in [0.1, 0.15) is 11.5 Å². The summed E-state index contributed by atoms with van der Waals surface area (Å²) in [6, 6.07) is 5.53. The van der Waals surface area contributed by atoms with E-state index in [2.05, 4.69) is 19.2 Å². The van der Waals surface area contributed by atoms with E-state index in [-0.39, 0.29) is 11.9 Å². The Morgan fingerprint density at radius 1 is 1.20 bits per heavy atom. The topological polar surface area (TPSA) is 47.6 Å². The Balaban J connectivity index is 2.71. The van der Waals surface area contributed by atoms with Crippen molar-refractivity contribution in [3.05, 3.63) is 23.8 Å². The molecular weight excluding hydrogens is 254 g/mol. The van der Waals surface area contributed by atoms with Crippen LogP contribution in [0.3, 0.4) is 0 Å². The standard InChI is InChI=1S/C16H25NO3/c1-11(2)6-9-16(18)17-12(3)14-8-7-13(19-4)10-15(14)20-5/h7-8,10-12H,6,9H2,1-5H3,(H,17,18). The molecule has 0 saturated heterocycles. The molecule has 1 amide bonds. The average Bonchev–Trinajstić information content (AvgIpc) is 2.44. The monoisotopic (exact) mass is 279 g/mol. The number of hydrogen-bond donors (Lipinski definition) is 1. The fourth-order valence-corrected chi connectivity index (χ4v) is 1.99. The van der Waals surface area contributed by atoms with E-state index in [1.54, 1.807) is 14.2 Å². The SMILES string of the molecule is COc1ccc(C(C)NC(=O)CCC(C)C)c(OC)c1. The predicted molar refractivity (Wildman–Crippen MR) is 80.2 cm³/mol. The molecule has 112 valence electrons. The summed E-state index contributed by atoms with van der Waals surface area (Å²) in [5, 5.41) is 3.00. The Morgan fingerprint density at radius 3 is 2.45 bits per heavy atom. The quantitative estimate of drug-likeness (QED) is 0.833. The number of amides is 1. The van der Waals surface area contributed by atoms with Gasteiger partial charge in [0, 0.05) is 18.1 Å². The van der Waals surface area contributed by atoms with Crippen molar-refractivity contribution in [3.63, 3.8) is 0 Å². The molecule has 4 heteroatoms. The minimum atomic E-state index is -0.0875. The molecule has 20 heavy (non-hydrogen) atoms. The van der Waals surface area contributed by atoms with E-state index >= 15 is 0 Å². The number of methoxy groups -OCH3 is 2. The highest BCUT2D eigenvalue weighted by Crippen LogP contribution is 2.29. The van der Waals surface area contributed by atoms with E-state index in [1.165, 1.54) is 0 Å². The van der Waals surface area contributed by atoms with Crippen molar-refractivity contribution in [3.8, 4) is 11.5 Å². The highest BCUT2D eigenvalue weighted by atomic mass is 16.5. The van der Waals surface area contributed by atoms with E-state index in [1.807, 2.05) is 25.1 Å². The molecule has 0 aliphatic carbocycles. The zero-order valence-corrected chi connectivity index (χ0v) is 13.0. The van der Waals surface area contributed by atoms with Crippen LogP contribution in [0.4, 0.5) is 0 Å². The summed E-state index contributed by atoms with van der Waals surface area (Å²) in [6.45, 7) is 6.18. The first-order valence-corrected chi connectivity index (χ1v) is 6.99. The molecule has 0 radical (unpaired) electrons. The molecule has 4 nitrogen and oxygen atoms in total. The lowest BCUT2D eigenvalue weighted by molar-refractivity contribution is -0.122. The zero-order valence-electron chi connectivity index (χ0n) is 13.0. The molecule has 0 spiro atoms. The van der Waals surface area contributed by atoms with Crippen LogP contribution in [0.2, 0.25) is 0 Å². The third-order valence-corrected chi connectivity index (χ3v) is 3.23. The van der Waals surface area contributed by atoms with Crippen molar-refractivity contribution in [2.75, 3.05) is 14.2 Å². The Kier molecular flexibility index (Phi) is 6.36. The number of benzene rings is 1. The predicted octanol–water partition coefficient (Wildman–Crippen LogP) is 3.32. The van der Waals surface area contributed by atoms with Crippen molar-refractivity contribution in [2.24, 2.45) is 5.92 Å². The molecule has 1 aromatic carbocycles. The summed E-state index contributed by atoms with van der Waals surface area (Å²) in [7, 11) is 3.23. The van der Waals surface area contributed by atoms with Crippen LogP contribution in [-0.2, 0) is 4.79 Å². The van der Waals surface area contributed by atoms with Crippen molar-refractivity contribution in [1.29, 1.82) is 0 Å². The van der Waals surface area contributed by atoms with Crippen molar-refractivity contribution >= 4 is 5.91 Å². The van der Waals surface area contributed by atoms with Gasteiger partial charge in [0.2, 0.25) is 5.91 Å². The summed E-state index contributed by atoms with van der Waals surface area (Å²) in [4.78, 5) is 11.9. The minimum absolute atomic E-state index is 0.0732. The van der Waals surface area contributed by atoms with E-state index in [0.717, 1.165) is 23.5 Å². The van der Waals surface area contributed by atoms with Crippen molar-refractivity contribution in [2.45, 2.75) is 39.7 Å². The van der Waals surface area contributed by atoms with Gasteiger partial charge in [-0.2, -0.15) is 0 Å². The van der Waals surface area contributed by atoms with Gasteiger partial charge in [-0.1, -0.05) is 13.8 Å². The molecule has 0 aliphatic heterocycles. The fraction of sp³-hybridized carbons (Fsp3) is 0.562. The normalized spacial score (nSPS) is 12.1. The Bertz CT molecular complexity index is 443. The lowest BCUT2D eigenvalue weighted by Crippen LogP contribution is -2.27. The molecule has 0 aliphatic rings. The van der Waals surface area contributed by atoms with Gasteiger partial charge >= 0.3 is 0 Å². The lowest BCUT2D eigenvalue weighted by Gasteiger charge is -2.18. The smallest absolute Gasteiger partial charge is 0.220 e. The summed E-state index contributed by atoms with van der Waals surface area (Å²) < 4.78 is 10.5. The van der Waals surface area contributed by atoms with E-state index < -0.39 is 0 Å². The van der Waals surface area contributed by atoms with Crippen molar-refractivity contribution in [1.82, 2.24) is 5.32 Å². The highest BCUT2D eigenvalue weighted by molar-refractivity contribution is 5.76.